The molecular weight excluding hydrogens is 253 g/mol. The molecule has 2 rings (SSSR count). The monoisotopic (exact) mass is 265 g/mol. The van der Waals surface area contributed by atoms with E-state index < -0.39 is 0 Å². The van der Waals surface area contributed by atoms with Crippen LogP contribution in [-0.2, 0) is 13.0 Å². The van der Waals surface area contributed by atoms with E-state index in [9.17, 15) is 9.18 Å². The molecule has 0 aliphatic rings. The van der Waals surface area contributed by atoms with E-state index in [1.165, 1.54) is 12.1 Å². The standard InChI is InChI=1S/C12H12FN3OS/c1-2-10-11(18-16-15-10)12(17)14-7-8-3-5-9(13)6-4-8/h3-6H,2,7H2,1H3,(H,14,17). The van der Waals surface area contributed by atoms with Crippen LogP contribution in [0.25, 0.3) is 0 Å². The van der Waals surface area contributed by atoms with Gasteiger partial charge in [0, 0.05) is 6.54 Å². The van der Waals surface area contributed by atoms with Gasteiger partial charge in [-0.15, -0.1) is 5.10 Å². The van der Waals surface area contributed by atoms with E-state index in [-0.39, 0.29) is 11.7 Å². The van der Waals surface area contributed by atoms with Crippen LogP contribution in [0.5, 0.6) is 0 Å². The number of benzene rings is 1. The van der Waals surface area contributed by atoms with Crippen LogP contribution in [0.15, 0.2) is 24.3 Å². The largest absolute Gasteiger partial charge is 0.347 e. The highest BCUT2D eigenvalue weighted by atomic mass is 32.1. The number of carbonyl (C=O) groups excluding carboxylic acids is 1. The fourth-order valence-electron chi connectivity index (χ4n) is 1.48. The Morgan fingerprint density at radius 3 is 2.78 bits per heavy atom. The van der Waals surface area contributed by atoms with Crippen molar-refractivity contribution in [2.45, 2.75) is 19.9 Å². The number of aryl methyl sites for hydroxylation is 1. The molecular formula is C12H12FN3OS. The van der Waals surface area contributed by atoms with Crippen molar-refractivity contribution in [1.82, 2.24) is 14.9 Å². The number of hydrogen-bond donors (Lipinski definition) is 1. The summed E-state index contributed by atoms with van der Waals surface area (Å²) in [6.07, 6.45) is 0.676. The number of halogens is 1. The Balaban J connectivity index is 1.98. The predicted octanol–water partition coefficient (Wildman–Crippen LogP) is 2.17. The number of nitrogens with zero attached hydrogens (tertiary/aromatic N) is 2. The van der Waals surface area contributed by atoms with E-state index in [4.69, 9.17) is 0 Å². The Morgan fingerprint density at radius 1 is 1.39 bits per heavy atom. The molecule has 0 aliphatic carbocycles. The summed E-state index contributed by atoms with van der Waals surface area (Å²) in [6.45, 7) is 2.29. The third-order valence-corrected chi connectivity index (χ3v) is 3.23. The van der Waals surface area contributed by atoms with E-state index in [0.29, 0.717) is 23.5 Å². The van der Waals surface area contributed by atoms with Crippen LogP contribution in [0.3, 0.4) is 0 Å². The third kappa shape index (κ3) is 2.89. The van der Waals surface area contributed by atoms with Crippen molar-refractivity contribution in [3.05, 3.63) is 46.2 Å². The maximum Gasteiger partial charge on any atom is 0.265 e. The summed E-state index contributed by atoms with van der Waals surface area (Å²) in [7, 11) is 0. The summed E-state index contributed by atoms with van der Waals surface area (Å²) in [5.74, 6) is -0.476. The van der Waals surface area contributed by atoms with E-state index in [0.717, 1.165) is 17.1 Å². The van der Waals surface area contributed by atoms with Crippen molar-refractivity contribution in [1.29, 1.82) is 0 Å². The molecule has 0 bridgehead atoms. The van der Waals surface area contributed by atoms with E-state index >= 15 is 0 Å². The Labute approximate surface area is 108 Å². The maximum atomic E-state index is 12.7. The maximum absolute atomic E-state index is 12.7. The number of aromatic nitrogens is 2. The Bertz CT molecular complexity index is 539. The average molecular weight is 265 g/mol. The SMILES string of the molecule is CCc1nnsc1C(=O)NCc1ccc(F)cc1. The second-order valence-corrected chi connectivity index (χ2v) is 4.47. The average Bonchev–Trinajstić information content (AvgIpc) is 2.86. The summed E-state index contributed by atoms with van der Waals surface area (Å²) in [4.78, 5) is 12.4. The van der Waals surface area contributed by atoms with Gasteiger partial charge in [0.25, 0.3) is 5.91 Å². The van der Waals surface area contributed by atoms with Gasteiger partial charge in [-0.2, -0.15) is 0 Å². The van der Waals surface area contributed by atoms with Crippen LogP contribution in [-0.4, -0.2) is 15.5 Å². The van der Waals surface area contributed by atoms with Crippen molar-refractivity contribution in [2.75, 3.05) is 0 Å². The highest BCUT2D eigenvalue weighted by Crippen LogP contribution is 2.11. The normalized spacial score (nSPS) is 10.3. The smallest absolute Gasteiger partial charge is 0.265 e. The van der Waals surface area contributed by atoms with Crippen molar-refractivity contribution in [3.8, 4) is 0 Å². The molecule has 1 amide bonds. The van der Waals surface area contributed by atoms with Gasteiger partial charge in [0.05, 0.1) is 5.69 Å². The molecule has 6 heteroatoms. The molecule has 0 atom stereocenters. The Kier molecular flexibility index (Phi) is 3.99. The van der Waals surface area contributed by atoms with Gasteiger partial charge < -0.3 is 5.32 Å². The van der Waals surface area contributed by atoms with Gasteiger partial charge in [-0.25, -0.2) is 4.39 Å². The van der Waals surface area contributed by atoms with Gasteiger partial charge in [-0.3, -0.25) is 4.79 Å². The van der Waals surface area contributed by atoms with Gasteiger partial charge in [0.2, 0.25) is 0 Å². The predicted molar refractivity (Wildman–Crippen MR) is 66.9 cm³/mol. The molecule has 0 unspecified atom stereocenters. The molecule has 18 heavy (non-hydrogen) atoms. The molecule has 0 aliphatic heterocycles. The number of hydrogen-bond acceptors (Lipinski definition) is 4. The van der Waals surface area contributed by atoms with Crippen molar-refractivity contribution >= 4 is 17.4 Å². The topological polar surface area (TPSA) is 54.9 Å². The van der Waals surface area contributed by atoms with Gasteiger partial charge in [0.1, 0.15) is 10.7 Å². The van der Waals surface area contributed by atoms with Crippen LogP contribution in [0.1, 0.15) is 27.9 Å². The molecule has 4 nitrogen and oxygen atoms in total. The Morgan fingerprint density at radius 2 is 2.11 bits per heavy atom. The first-order valence-corrected chi connectivity index (χ1v) is 6.32. The molecule has 1 aromatic carbocycles. The molecule has 1 heterocycles. The lowest BCUT2D eigenvalue weighted by Gasteiger charge is -2.04. The number of nitrogens with one attached hydrogen (secondary N) is 1. The molecule has 0 radical (unpaired) electrons. The molecule has 0 saturated heterocycles. The lowest BCUT2D eigenvalue weighted by Crippen LogP contribution is -2.22. The summed E-state index contributed by atoms with van der Waals surface area (Å²) in [5.41, 5.74) is 1.55. The van der Waals surface area contributed by atoms with Crippen LogP contribution >= 0.6 is 11.5 Å². The Hall–Kier alpha value is -1.82. The quantitative estimate of drug-likeness (QED) is 0.921. The summed E-state index contributed by atoms with van der Waals surface area (Å²) in [6, 6.07) is 6.02. The van der Waals surface area contributed by atoms with Crippen molar-refractivity contribution in [3.63, 3.8) is 0 Å². The zero-order valence-corrected chi connectivity index (χ0v) is 10.6. The first-order chi connectivity index (χ1) is 8.70. The zero-order valence-electron chi connectivity index (χ0n) is 9.81. The number of rotatable bonds is 4. The molecule has 0 fully saturated rings. The lowest BCUT2D eigenvalue weighted by atomic mass is 10.2. The second kappa shape index (κ2) is 5.68. The minimum absolute atomic E-state index is 0.189. The van der Waals surface area contributed by atoms with Crippen molar-refractivity contribution < 1.29 is 9.18 Å². The molecule has 0 spiro atoms. The van der Waals surface area contributed by atoms with Gasteiger partial charge in [-0.1, -0.05) is 23.5 Å². The first kappa shape index (κ1) is 12.6. The van der Waals surface area contributed by atoms with Crippen molar-refractivity contribution in [2.24, 2.45) is 0 Å². The minimum Gasteiger partial charge on any atom is -0.347 e. The molecule has 1 aromatic heterocycles. The summed E-state index contributed by atoms with van der Waals surface area (Å²) >= 11 is 1.09. The molecule has 94 valence electrons. The third-order valence-electron chi connectivity index (χ3n) is 2.46. The highest BCUT2D eigenvalue weighted by molar-refractivity contribution is 7.08. The van der Waals surface area contributed by atoms with Gasteiger partial charge in [0.15, 0.2) is 0 Å². The van der Waals surface area contributed by atoms with E-state index in [1.54, 1.807) is 12.1 Å². The molecule has 1 N–H and O–H groups in total. The second-order valence-electron chi connectivity index (χ2n) is 3.71. The lowest BCUT2D eigenvalue weighted by molar-refractivity contribution is 0.0954. The van der Waals surface area contributed by atoms with Gasteiger partial charge in [-0.05, 0) is 35.6 Å². The summed E-state index contributed by atoms with van der Waals surface area (Å²) < 4.78 is 16.5. The number of carbonyl (C=O) groups is 1. The number of amides is 1. The molecule has 2 aromatic rings. The zero-order chi connectivity index (χ0) is 13.0. The summed E-state index contributed by atoms with van der Waals surface area (Å²) in [5, 5.41) is 6.65. The van der Waals surface area contributed by atoms with Gasteiger partial charge >= 0.3 is 0 Å². The van der Waals surface area contributed by atoms with Crippen LogP contribution in [0.4, 0.5) is 4.39 Å². The van der Waals surface area contributed by atoms with Crippen LogP contribution in [0, 0.1) is 5.82 Å². The fraction of sp³-hybridized carbons (Fsp3) is 0.250. The highest BCUT2D eigenvalue weighted by Gasteiger charge is 2.14. The van der Waals surface area contributed by atoms with Crippen LogP contribution < -0.4 is 5.32 Å². The fourth-order valence-corrected chi connectivity index (χ4v) is 2.14. The van der Waals surface area contributed by atoms with Crippen LogP contribution in [0.2, 0.25) is 0 Å². The minimum atomic E-state index is -0.287. The first-order valence-electron chi connectivity index (χ1n) is 5.54. The van der Waals surface area contributed by atoms with E-state index in [1.807, 2.05) is 6.92 Å². The molecule has 0 saturated carbocycles. The van der Waals surface area contributed by atoms with E-state index in [2.05, 4.69) is 14.9 Å².